The van der Waals surface area contributed by atoms with Crippen molar-refractivity contribution in [3.05, 3.63) is 76.0 Å². The number of ketones is 2. The van der Waals surface area contributed by atoms with Crippen molar-refractivity contribution in [2.24, 2.45) is 11.3 Å². The summed E-state index contributed by atoms with van der Waals surface area (Å²) in [5.74, 6) is -0.142. The van der Waals surface area contributed by atoms with Crippen molar-refractivity contribution in [1.29, 1.82) is 0 Å². The molecule has 0 spiro atoms. The van der Waals surface area contributed by atoms with Gasteiger partial charge in [-0.15, -0.1) is 0 Å². The summed E-state index contributed by atoms with van der Waals surface area (Å²) < 4.78 is 5.99. The number of carbonyl (C=O) groups is 2. The maximum absolute atomic E-state index is 13.8. The Kier molecular flexibility index (Phi) is 5.78. The first kappa shape index (κ1) is 24.3. The van der Waals surface area contributed by atoms with Crippen LogP contribution in [0.3, 0.4) is 0 Å². The molecule has 2 N–H and O–H groups in total. The number of benzene rings is 1. The highest BCUT2D eigenvalue weighted by atomic mass is 16.7. The number of Topliss-reactive ketones (excluding diaryl/α,β-unsaturated/α-hetero) is 1. The minimum Gasteiger partial charge on any atom is -0.492 e. The van der Waals surface area contributed by atoms with E-state index in [1.165, 1.54) is 11.1 Å². The predicted octanol–water partition coefficient (Wildman–Crippen LogP) is 3.59. The Balaban J connectivity index is 1.48. The normalized spacial score (nSPS) is 32.4. The Morgan fingerprint density at radius 2 is 1.97 bits per heavy atom. The smallest absolute Gasteiger partial charge is 0.198 e. The van der Waals surface area contributed by atoms with Gasteiger partial charge in [-0.3, -0.25) is 14.4 Å². The molecule has 0 unspecified atom stereocenters. The van der Waals surface area contributed by atoms with Gasteiger partial charge >= 0.3 is 0 Å². The van der Waals surface area contributed by atoms with Crippen LogP contribution in [0.2, 0.25) is 0 Å². The highest BCUT2D eigenvalue weighted by Gasteiger charge is 2.67. The summed E-state index contributed by atoms with van der Waals surface area (Å²) in [7, 11) is 0. The van der Waals surface area contributed by atoms with Crippen molar-refractivity contribution >= 4 is 11.6 Å². The largest absolute Gasteiger partial charge is 0.492 e. The van der Waals surface area contributed by atoms with Gasteiger partial charge in [0.2, 0.25) is 0 Å². The van der Waals surface area contributed by atoms with Gasteiger partial charge in [0.25, 0.3) is 0 Å². The van der Waals surface area contributed by atoms with Gasteiger partial charge in [-0.25, -0.2) is 5.06 Å². The highest BCUT2D eigenvalue weighted by Crippen LogP contribution is 2.62. The molecule has 37 heavy (non-hydrogen) atoms. The molecule has 0 amide bonds. The number of nitrogens with zero attached hydrogens (tertiary/aromatic N) is 1. The van der Waals surface area contributed by atoms with E-state index in [4.69, 9.17) is 9.57 Å². The number of aliphatic hydroxyl groups excluding tert-OH is 2. The third-order valence-corrected chi connectivity index (χ3v) is 8.90. The summed E-state index contributed by atoms with van der Waals surface area (Å²) in [4.78, 5) is 34.1. The average molecular weight is 504 g/mol. The van der Waals surface area contributed by atoms with E-state index in [1.807, 2.05) is 44.2 Å². The second kappa shape index (κ2) is 8.79. The Bertz CT molecular complexity index is 1290. The predicted molar refractivity (Wildman–Crippen MR) is 136 cm³/mol. The minimum absolute atomic E-state index is 0.152. The molecule has 1 heterocycles. The van der Waals surface area contributed by atoms with Crippen LogP contribution in [0.5, 0.6) is 5.75 Å². The summed E-state index contributed by atoms with van der Waals surface area (Å²) in [5, 5.41) is 22.9. The fourth-order valence-electron chi connectivity index (χ4n) is 7.06. The van der Waals surface area contributed by atoms with E-state index in [0.29, 0.717) is 30.7 Å². The molecule has 7 nitrogen and oxygen atoms in total. The van der Waals surface area contributed by atoms with Gasteiger partial charge in [0.1, 0.15) is 19.0 Å². The van der Waals surface area contributed by atoms with Crippen molar-refractivity contribution in [3.63, 3.8) is 0 Å². The van der Waals surface area contributed by atoms with Gasteiger partial charge in [-0.1, -0.05) is 43.7 Å². The van der Waals surface area contributed by atoms with Crippen molar-refractivity contribution < 1.29 is 29.4 Å². The van der Waals surface area contributed by atoms with Crippen molar-refractivity contribution in [2.75, 3.05) is 19.8 Å². The molecule has 0 aromatic heterocycles. The monoisotopic (exact) mass is 503 g/mol. The molecule has 5 aliphatic rings. The van der Waals surface area contributed by atoms with E-state index in [2.05, 4.69) is 0 Å². The van der Waals surface area contributed by atoms with Crippen LogP contribution in [-0.2, 0) is 14.4 Å². The minimum atomic E-state index is -1.62. The van der Waals surface area contributed by atoms with Crippen molar-refractivity contribution in [3.8, 4) is 5.75 Å². The van der Waals surface area contributed by atoms with E-state index in [1.54, 1.807) is 17.2 Å². The molecular formula is C30H33NO6. The number of hydrogen-bond acceptors (Lipinski definition) is 7. The molecule has 6 rings (SSSR count). The third kappa shape index (κ3) is 3.44. The maximum Gasteiger partial charge on any atom is 0.198 e. The number of hydroxylamine groups is 2. The van der Waals surface area contributed by atoms with Crippen LogP contribution in [0.25, 0.3) is 0 Å². The number of ether oxygens (including phenoxy) is 1. The molecular weight excluding hydrogens is 470 g/mol. The Labute approximate surface area is 216 Å². The fraction of sp³-hybridized carbons (Fsp3) is 0.467. The Morgan fingerprint density at radius 1 is 1.19 bits per heavy atom. The Hall–Kier alpha value is -3.00. The number of hydrogen-bond donors (Lipinski definition) is 2. The number of para-hydroxylation sites is 1. The van der Waals surface area contributed by atoms with Crippen LogP contribution in [0.4, 0.5) is 0 Å². The first-order valence-corrected chi connectivity index (χ1v) is 13.2. The van der Waals surface area contributed by atoms with Gasteiger partial charge in [0, 0.05) is 22.5 Å². The molecule has 0 saturated heterocycles. The lowest BCUT2D eigenvalue weighted by molar-refractivity contribution is -0.251. The summed E-state index contributed by atoms with van der Waals surface area (Å²) in [6.45, 7) is 3.65. The maximum atomic E-state index is 13.8. The molecule has 0 saturated carbocycles. The van der Waals surface area contributed by atoms with E-state index >= 15 is 0 Å². The summed E-state index contributed by atoms with van der Waals surface area (Å²) in [6.07, 6.45) is 6.41. The van der Waals surface area contributed by atoms with Crippen LogP contribution < -0.4 is 4.74 Å². The molecule has 4 atom stereocenters. The first-order valence-electron chi connectivity index (χ1n) is 13.2. The number of rotatable bonds is 6. The van der Waals surface area contributed by atoms with Crippen LogP contribution in [0, 0.1) is 11.3 Å². The van der Waals surface area contributed by atoms with E-state index in [9.17, 15) is 19.8 Å². The van der Waals surface area contributed by atoms with Crippen LogP contribution in [0.15, 0.2) is 76.0 Å². The zero-order chi connectivity index (χ0) is 25.9. The summed E-state index contributed by atoms with van der Waals surface area (Å²) in [6, 6.07) is 9.53. The standard InChI is InChI=1S/C30H33NO6/c1-18-13-24-25(33)15-23-22-14-19-7-6-10-21(19)28(22)31(11-12-36-20-8-4-3-5-9-20)37-30(23,27(35)17-32)29(24,2)16-26(18)34/h3-5,8-9,13,15,18,26,32,34H,6-7,10-12,14,16-17H2,1-2H3/t18-,26-,29-,30+/m0/s1. The molecule has 1 aromatic carbocycles. The van der Waals surface area contributed by atoms with E-state index in [0.717, 1.165) is 36.3 Å². The first-order chi connectivity index (χ1) is 17.8. The fourth-order valence-corrected chi connectivity index (χ4v) is 7.06. The van der Waals surface area contributed by atoms with Gasteiger partial charge < -0.3 is 14.9 Å². The van der Waals surface area contributed by atoms with E-state index < -0.39 is 29.5 Å². The van der Waals surface area contributed by atoms with Gasteiger partial charge in [0.05, 0.1) is 18.3 Å². The lowest BCUT2D eigenvalue weighted by Gasteiger charge is -2.57. The summed E-state index contributed by atoms with van der Waals surface area (Å²) in [5.41, 5.74) is 2.69. The topological polar surface area (TPSA) is 96.3 Å². The van der Waals surface area contributed by atoms with Gasteiger partial charge in [-0.2, -0.15) is 0 Å². The molecule has 1 aliphatic heterocycles. The van der Waals surface area contributed by atoms with E-state index in [-0.39, 0.29) is 18.1 Å². The Morgan fingerprint density at radius 3 is 2.73 bits per heavy atom. The van der Waals surface area contributed by atoms with Crippen LogP contribution in [-0.4, -0.2) is 58.3 Å². The number of aliphatic hydroxyl groups is 2. The zero-order valence-electron chi connectivity index (χ0n) is 21.3. The molecule has 1 aromatic rings. The lowest BCUT2D eigenvalue weighted by atomic mass is 9.52. The van der Waals surface area contributed by atoms with Gasteiger partial charge in [0.15, 0.2) is 17.2 Å². The lowest BCUT2D eigenvalue weighted by Crippen LogP contribution is -2.66. The molecule has 4 aliphatic carbocycles. The molecule has 0 radical (unpaired) electrons. The highest BCUT2D eigenvalue weighted by molar-refractivity contribution is 6.12. The SMILES string of the molecule is C[C@H]1C=C2C(=O)C=C3C4=C(C5=C(CCC5)C4)N(CCOc4ccccc4)O[C@]3(C(=O)CO)[C@@]2(C)C[C@@H]1O. The average Bonchev–Trinajstić information content (AvgIpc) is 3.48. The molecule has 7 heteroatoms. The quantitative estimate of drug-likeness (QED) is 0.612. The summed E-state index contributed by atoms with van der Waals surface area (Å²) >= 11 is 0. The molecule has 0 fully saturated rings. The second-order valence-corrected chi connectivity index (χ2v) is 11.0. The number of carbonyl (C=O) groups excluding carboxylic acids is 2. The van der Waals surface area contributed by atoms with Crippen LogP contribution >= 0.6 is 0 Å². The molecule has 0 bridgehead atoms. The number of allylic oxidation sites excluding steroid dienone is 3. The van der Waals surface area contributed by atoms with Gasteiger partial charge in [-0.05, 0) is 61.5 Å². The zero-order valence-corrected chi connectivity index (χ0v) is 21.3. The second-order valence-electron chi connectivity index (χ2n) is 11.0. The van der Waals surface area contributed by atoms with Crippen molar-refractivity contribution in [2.45, 2.75) is 57.7 Å². The number of fused-ring (bicyclic) bond motifs is 5. The van der Waals surface area contributed by atoms with Crippen molar-refractivity contribution in [1.82, 2.24) is 5.06 Å². The third-order valence-electron chi connectivity index (χ3n) is 8.90. The van der Waals surface area contributed by atoms with Crippen LogP contribution in [0.1, 0.15) is 46.0 Å². The molecule has 194 valence electrons.